The van der Waals surface area contributed by atoms with E-state index in [0.29, 0.717) is 12.5 Å². The van der Waals surface area contributed by atoms with Gasteiger partial charge in [0.2, 0.25) is 5.91 Å². The van der Waals surface area contributed by atoms with Gasteiger partial charge in [-0.2, -0.15) is 0 Å². The molecule has 1 aromatic carbocycles. The largest absolute Gasteiger partial charge is 0.367 e. The number of morpholine rings is 1. The molecule has 4 heteroatoms. The summed E-state index contributed by atoms with van der Waals surface area (Å²) in [5, 5.41) is 0. The van der Waals surface area contributed by atoms with Crippen LogP contribution in [0.15, 0.2) is 30.3 Å². The SMILES string of the molecule is CC(C)[C@H]1CN(CC(=O)N(C)C)C[C@@H](c2ccccc2)O1. The summed E-state index contributed by atoms with van der Waals surface area (Å²) in [7, 11) is 3.61. The van der Waals surface area contributed by atoms with Gasteiger partial charge in [0, 0.05) is 27.2 Å². The maximum Gasteiger partial charge on any atom is 0.236 e. The lowest BCUT2D eigenvalue weighted by atomic mass is 10.0. The molecule has 1 fully saturated rings. The summed E-state index contributed by atoms with van der Waals surface area (Å²) >= 11 is 0. The Hall–Kier alpha value is -1.39. The summed E-state index contributed by atoms with van der Waals surface area (Å²) in [5.41, 5.74) is 1.19. The average Bonchev–Trinajstić information content (AvgIpc) is 2.47. The molecule has 0 aliphatic carbocycles. The number of carbonyl (C=O) groups excluding carboxylic acids is 1. The third-order valence-corrected chi connectivity index (χ3v) is 3.97. The van der Waals surface area contributed by atoms with Gasteiger partial charge in [0.25, 0.3) is 0 Å². The summed E-state index contributed by atoms with van der Waals surface area (Å²) in [6, 6.07) is 10.3. The van der Waals surface area contributed by atoms with Gasteiger partial charge in [0.05, 0.1) is 18.8 Å². The molecule has 1 aliphatic heterocycles. The van der Waals surface area contributed by atoms with Crippen molar-refractivity contribution < 1.29 is 9.53 Å². The molecule has 0 spiro atoms. The van der Waals surface area contributed by atoms with Crippen molar-refractivity contribution in [2.45, 2.75) is 26.1 Å². The summed E-state index contributed by atoms with van der Waals surface area (Å²) in [5.74, 6) is 0.583. The second kappa shape index (κ2) is 7.05. The molecule has 0 aromatic heterocycles. The highest BCUT2D eigenvalue weighted by Crippen LogP contribution is 2.27. The van der Waals surface area contributed by atoms with Crippen LogP contribution in [0.3, 0.4) is 0 Å². The highest BCUT2D eigenvalue weighted by molar-refractivity contribution is 5.77. The molecule has 2 rings (SSSR count). The molecule has 0 N–H and O–H groups in total. The van der Waals surface area contributed by atoms with Crippen LogP contribution in [-0.2, 0) is 9.53 Å². The smallest absolute Gasteiger partial charge is 0.236 e. The average molecular weight is 290 g/mol. The molecule has 1 aliphatic rings. The monoisotopic (exact) mass is 290 g/mol. The number of hydrogen-bond acceptors (Lipinski definition) is 3. The minimum Gasteiger partial charge on any atom is -0.367 e. The highest BCUT2D eigenvalue weighted by Gasteiger charge is 2.31. The zero-order chi connectivity index (χ0) is 15.4. The topological polar surface area (TPSA) is 32.8 Å². The van der Waals surface area contributed by atoms with Crippen LogP contribution in [0, 0.1) is 5.92 Å². The quantitative estimate of drug-likeness (QED) is 0.852. The molecule has 21 heavy (non-hydrogen) atoms. The first kappa shape index (κ1) is 16.0. The zero-order valence-corrected chi connectivity index (χ0v) is 13.5. The van der Waals surface area contributed by atoms with E-state index in [9.17, 15) is 4.79 Å². The fourth-order valence-electron chi connectivity index (χ4n) is 2.54. The van der Waals surface area contributed by atoms with Gasteiger partial charge in [0.1, 0.15) is 0 Å². The van der Waals surface area contributed by atoms with Gasteiger partial charge in [-0.1, -0.05) is 44.2 Å². The van der Waals surface area contributed by atoms with E-state index in [2.05, 4.69) is 30.9 Å². The van der Waals surface area contributed by atoms with Crippen molar-refractivity contribution in [3.8, 4) is 0 Å². The Balaban J connectivity index is 2.10. The lowest BCUT2D eigenvalue weighted by Crippen LogP contribution is -2.49. The number of amides is 1. The standard InChI is InChI=1S/C17H26N2O2/c1-13(2)15-10-19(12-17(20)18(3)4)11-16(21-15)14-8-6-5-7-9-14/h5-9,13,15-16H,10-12H2,1-4H3/t15-,16+/m1/s1. The first-order valence-corrected chi connectivity index (χ1v) is 7.60. The Morgan fingerprint density at radius 2 is 1.95 bits per heavy atom. The van der Waals surface area contributed by atoms with Crippen molar-refractivity contribution in [3.05, 3.63) is 35.9 Å². The van der Waals surface area contributed by atoms with Crippen LogP contribution in [0.4, 0.5) is 0 Å². The molecule has 0 unspecified atom stereocenters. The van der Waals surface area contributed by atoms with Crippen LogP contribution >= 0.6 is 0 Å². The van der Waals surface area contributed by atoms with Crippen molar-refractivity contribution in [3.63, 3.8) is 0 Å². The molecule has 4 nitrogen and oxygen atoms in total. The molecule has 0 saturated carbocycles. The van der Waals surface area contributed by atoms with Crippen LogP contribution in [0.2, 0.25) is 0 Å². The lowest BCUT2D eigenvalue weighted by Gasteiger charge is -2.40. The number of likely N-dealkylation sites (N-methyl/N-ethyl adjacent to an activating group) is 1. The van der Waals surface area contributed by atoms with Crippen molar-refractivity contribution in [1.29, 1.82) is 0 Å². The number of ether oxygens (including phenoxy) is 1. The van der Waals surface area contributed by atoms with E-state index >= 15 is 0 Å². The van der Waals surface area contributed by atoms with Gasteiger partial charge < -0.3 is 9.64 Å². The molecule has 1 saturated heterocycles. The molecule has 116 valence electrons. The molecular formula is C17H26N2O2. The molecule has 1 aromatic rings. The summed E-state index contributed by atoms with van der Waals surface area (Å²) < 4.78 is 6.24. The Bertz CT molecular complexity index is 459. The maximum absolute atomic E-state index is 12.0. The van der Waals surface area contributed by atoms with Crippen LogP contribution in [0.1, 0.15) is 25.5 Å². The number of benzene rings is 1. The van der Waals surface area contributed by atoms with Crippen molar-refractivity contribution in [2.75, 3.05) is 33.7 Å². The van der Waals surface area contributed by atoms with E-state index in [0.717, 1.165) is 13.1 Å². The van der Waals surface area contributed by atoms with Gasteiger partial charge in [-0.3, -0.25) is 9.69 Å². The van der Waals surface area contributed by atoms with Gasteiger partial charge in [-0.05, 0) is 11.5 Å². The van der Waals surface area contributed by atoms with E-state index in [1.807, 2.05) is 18.2 Å². The normalized spacial score (nSPS) is 23.3. The Labute approximate surface area is 127 Å². The van der Waals surface area contributed by atoms with Crippen molar-refractivity contribution in [1.82, 2.24) is 9.80 Å². The Morgan fingerprint density at radius 1 is 1.29 bits per heavy atom. The summed E-state index contributed by atoms with van der Waals surface area (Å²) in [6.07, 6.45) is 0.209. The second-order valence-corrected chi connectivity index (χ2v) is 6.30. The van der Waals surface area contributed by atoms with Crippen molar-refractivity contribution >= 4 is 5.91 Å². The van der Waals surface area contributed by atoms with Gasteiger partial charge in [-0.25, -0.2) is 0 Å². The van der Waals surface area contributed by atoms with E-state index < -0.39 is 0 Å². The Kier molecular flexibility index (Phi) is 5.37. The third-order valence-electron chi connectivity index (χ3n) is 3.97. The van der Waals surface area contributed by atoms with E-state index in [-0.39, 0.29) is 18.1 Å². The summed E-state index contributed by atoms with van der Waals surface area (Å²) in [4.78, 5) is 15.8. The molecular weight excluding hydrogens is 264 g/mol. The first-order chi connectivity index (χ1) is 9.97. The van der Waals surface area contributed by atoms with Crippen LogP contribution < -0.4 is 0 Å². The molecule has 0 bridgehead atoms. The number of nitrogens with zero attached hydrogens (tertiary/aromatic N) is 2. The van der Waals surface area contributed by atoms with E-state index in [1.54, 1.807) is 19.0 Å². The highest BCUT2D eigenvalue weighted by atomic mass is 16.5. The predicted octanol–water partition coefficient (Wildman–Crippen LogP) is 2.17. The van der Waals surface area contributed by atoms with E-state index in [1.165, 1.54) is 5.56 Å². The first-order valence-electron chi connectivity index (χ1n) is 7.60. The van der Waals surface area contributed by atoms with Crippen LogP contribution in [0.5, 0.6) is 0 Å². The van der Waals surface area contributed by atoms with Crippen molar-refractivity contribution in [2.24, 2.45) is 5.92 Å². The number of hydrogen-bond donors (Lipinski definition) is 0. The van der Waals surface area contributed by atoms with Crippen LogP contribution in [-0.4, -0.2) is 55.5 Å². The van der Waals surface area contributed by atoms with Gasteiger partial charge >= 0.3 is 0 Å². The minimum atomic E-state index is 0.0438. The molecule has 2 atom stereocenters. The summed E-state index contributed by atoms with van der Waals surface area (Å²) in [6.45, 7) is 6.39. The van der Waals surface area contributed by atoms with Gasteiger partial charge in [-0.15, -0.1) is 0 Å². The Morgan fingerprint density at radius 3 is 2.52 bits per heavy atom. The minimum absolute atomic E-state index is 0.0438. The molecule has 0 radical (unpaired) electrons. The molecule has 1 amide bonds. The fourth-order valence-corrected chi connectivity index (χ4v) is 2.54. The van der Waals surface area contributed by atoms with Crippen LogP contribution in [0.25, 0.3) is 0 Å². The third kappa shape index (κ3) is 4.29. The second-order valence-electron chi connectivity index (χ2n) is 6.30. The number of rotatable bonds is 4. The van der Waals surface area contributed by atoms with Gasteiger partial charge in [0.15, 0.2) is 0 Å². The molecule has 1 heterocycles. The lowest BCUT2D eigenvalue weighted by molar-refractivity contribution is -0.137. The zero-order valence-electron chi connectivity index (χ0n) is 13.5. The van der Waals surface area contributed by atoms with E-state index in [4.69, 9.17) is 4.74 Å². The fraction of sp³-hybridized carbons (Fsp3) is 0.588. The maximum atomic E-state index is 12.0. The number of carbonyl (C=O) groups is 1. The predicted molar refractivity (Wildman–Crippen MR) is 84.0 cm³/mol.